The molecule has 3 nitrogen and oxygen atoms in total. The number of carbonyl (C=O) groups excluding carboxylic acids is 1. The predicted molar refractivity (Wildman–Crippen MR) is 87.5 cm³/mol. The van der Waals surface area contributed by atoms with Gasteiger partial charge in [-0.1, -0.05) is 0 Å². The lowest BCUT2D eigenvalue weighted by molar-refractivity contribution is -0.140. The SMILES string of the molecule is O=C(Nc1ccc2[nH]ccc2c1)C12CC3CC(CC(C3)C1)C2. The van der Waals surface area contributed by atoms with E-state index >= 15 is 0 Å². The summed E-state index contributed by atoms with van der Waals surface area (Å²) in [5, 5.41) is 4.38. The molecule has 0 unspecified atom stereocenters. The minimum atomic E-state index is -0.0676. The zero-order chi connectivity index (χ0) is 14.7. The number of rotatable bonds is 2. The number of benzene rings is 1. The van der Waals surface area contributed by atoms with Gasteiger partial charge in [0.2, 0.25) is 5.91 Å². The van der Waals surface area contributed by atoms with E-state index in [1.54, 1.807) is 0 Å². The third-order valence-corrected chi connectivity index (χ3v) is 6.33. The summed E-state index contributed by atoms with van der Waals surface area (Å²) in [5.74, 6) is 2.71. The molecular weight excluding hydrogens is 272 g/mol. The number of hydrogen-bond acceptors (Lipinski definition) is 1. The topological polar surface area (TPSA) is 44.9 Å². The summed E-state index contributed by atoms with van der Waals surface area (Å²) in [6.07, 6.45) is 9.44. The quantitative estimate of drug-likeness (QED) is 0.851. The van der Waals surface area contributed by atoms with Crippen LogP contribution in [0.15, 0.2) is 30.5 Å². The van der Waals surface area contributed by atoms with Gasteiger partial charge in [-0.05, 0) is 80.5 Å². The first-order chi connectivity index (χ1) is 10.7. The monoisotopic (exact) mass is 294 g/mol. The van der Waals surface area contributed by atoms with Gasteiger partial charge in [0.05, 0.1) is 5.41 Å². The zero-order valence-electron chi connectivity index (χ0n) is 12.8. The summed E-state index contributed by atoms with van der Waals surface area (Å²) in [5.41, 5.74) is 1.99. The normalized spacial score (nSPS) is 35.9. The summed E-state index contributed by atoms with van der Waals surface area (Å²) in [6, 6.07) is 8.18. The van der Waals surface area contributed by atoms with E-state index in [-0.39, 0.29) is 11.3 Å². The molecule has 4 bridgehead atoms. The van der Waals surface area contributed by atoms with Gasteiger partial charge in [-0.25, -0.2) is 0 Å². The smallest absolute Gasteiger partial charge is 0.230 e. The lowest BCUT2D eigenvalue weighted by Crippen LogP contribution is -2.51. The molecule has 3 heteroatoms. The Morgan fingerprint density at radius 2 is 1.73 bits per heavy atom. The van der Waals surface area contributed by atoms with Gasteiger partial charge in [-0.3, -0.25) is 4.79 Å². The van der Waals surface area contributed by atoms with E-state index in [0.717, 1.165) is 53.6 Å². The van der Waals surface area contributed by atoms with Crippen molar-refractivity contribution in [2.24, 2.45) is 23.2 Å². The second kappa shape index (κ2) is 4.37. The molecule has 2 aromatic rings. The Hall–Kier alpha value is -1.77. The highest BCUT2D eigenvalue weighted by Crippen LogP contribution is 2.60. The lowest BCUT2D eigenvalue weighted by Gasteiger charge is -2.55. The Morgan fingerprint density at radius 3 is 2.41 bits per heavy atom. The second-order valence-electron chi connectivity index (χ2n) is 7.93. The van der Waals surface area contributed by atoms with Gasteiger partial charge >= 0.3 is 0 Å². The molecule has 1 aromatic heterocycles. The van der Waals surface area contributed by atoms with E-state index in [0.29, 0.717) is 0 Å². The molecule has 6 rings (SSSR count). The predicted octanol–water partition coefficient (Wildman–Crippen LogP) is 4.32. The fraction of sp³-hybridized carbons (Fsp3) is 0.526. The highest BCUT2D eigenvalue weighted by molar-refractivity contribution is 5.97. The van der Waals surface area contributed by atoms with E-state index in [1.807, 2.05) is 18.3 Å². The number of aromatic amines is 1. The average Bonchev–Trinajstić information content (AvgIpc) is 2.93. The molecule has 4 saturated carbocycles. The first-order valence-corrected chi connectivity index (χ1v) is 8.59. The fourth-order valence-electron chi connectivity index (χ4n) is 5.78. The van der Waals surface area contributed by atoms with Gasteiger partial charge in [0.15, 0.2) is 0 Å². The number of amides is 1. The van der Waals surface area contributed by atoms with Crippen molar-refractivity contribution < 1.29 is 4.79 Å². The maximum absolute atomic E-state index is 13.0. The molecule has 0 aliphatic heterocycles. The van der Waals surface area contributed by atoms with Crippen molar-refractivity contribution in [3.63, 3.8) is 0 Å². The number of hydrogen-bond donors (Lipinski definition) is 2. The van der Waals surface area contributed by atoms with Gasteiger partial charge in [-0.2, -0.15) is 0 Å². The van der Waals surface area contributed by atoms with Crippen LogP contribution in [0.4, 0.5) is 5.69 Å². The van der Waals surface area contributed by atoms with Crippen LogP contribution in [-0.4, -0.2) is 10.9 Å². The highest BCUT2D eigenvalue weighted by atomic mass is 16.2. The molecule has 4 aliphatic carbocycles. The second-order valence-corrected chi connectivity index (χ2v) is 7.93. The Balaban J connectivity index is 1.42. The molecule has 2 N–H and O–H groups in total. The molecule has 22 heavy (non-hydrogen) atoms. The van der Waals surface area contributed by atoms with Crippen molar-refractivity contribution >= 4 is 22.5 Å². The zero-order valence-corrected chi connectivity index (χ0v) is 12.8. The highest BCUT2D eigenvalue weighted by Gasteiger charge is 2.54. The first-order valence-electron chi connectivity index (χ1n) is 8.59. The number of carbonyl (C=O) groups is 1. The first kappa shape index (κ1) is 12.7. The van der Waals surface area contributed by atoms with E-state index in [2.05, 4.69) is 22.4 Å². The van der Waals surface area contributed by atoms with Crippen LogP contribution in [0.3, 0.4) is 0 Å². The molecule has 4 aliphatic rings. The van der Waals surface area contributed by atoms with Crippen LogP contribution >= 0.6 is 0 Å². The summed E-state index contributed by atoms with van der Waals surface area (Å²) in [6.45, 7) is 0. The summed E-state index contributed by atoms with van der Waals surface area (Å²) in [7, 11) is 0. The summed E-state index contributed by atoms with van der Waals surface area (Å²) >= 11 is 0. The molecule has 1 aromatic carbocycles. The third kappa shape index (κ3) is 1.84. The molecule has 1 amide bonds. The van der Waals surface area contributed by atoms with E-state index in [4.69, 9.17) is 0 Å². The minimum Gasteiger partial charge on any atom is -0.361 e. The molecule has 114 valence electrons. The van der Waals surface area contributed by atoms with Gasteiger partial charge in [0.1, 0.15) is 0 Å². The number of nitrogens with one attached hydrogen (secondary N) is 2. The van der Waals surface area contributed by atoms with Crippen LogP contribution in [0.2, 0.25) is 0 Å². The molecule has 4 fully saturated rings. The standard InChI is InChI=1S/C19H22N2O/c22-18(21-16-1-2-17-15(8-16)3-4-20-17)19-9-12-5-13(10-19)7-14(6-12)11-19/h1-4,8,12-14,20H,5-7,9-11H2,(H,21,22). The van der Waals surface area contributed by atoms with Crippen LogP contribution in [0.25, 0.3) is 10.9 Å². The van der Waals surface area contributed by atoms with Crippen LogP contribution in [-0.2, 0) is 4.79 Å². The molecule has 1 heterocycles. The average molecular weight is 294 g/mol. The molecule has 0 saturated heterocycles. The van der Waals surface area contributed by atoms with Gasteiger partial charge in [0.25, 0.3) is 0 Å². The third-order valence-electron chi connectivity index (χ3n) is 6.33. The lowest BCUT2D eigenvalue weighted by atomic mass is 9.49. The van der Waals surface area contributed by atoms with Crippen molar-refractivity contribution in [3.8, 4) is 0 Å². The Morgan fingerprint density at radius 1 is 1.05 bits per heavy atom. The number of H-pyrrole nitrogens is 1. The Labute approximate surface area is 130 Å². The van der Waals surface area contributed by atoms with Gasteiger partial charge in [0, 0.05) is 22.8 Å². The number of anilines is 1. The molecule has 0 atom stereocenters. The van der Waals surface area contributed by atoms with Crippen LogP contribution in [0, 0.1) is 23.2 Å². The molecule has 0 radical (unpaired) electrons. The van der Waals surface area contributed by atoms with E-state index < -0.39 is 0 Å². The van der Waals surface area contributed by atoms with Crippen molar-refractivity contribution in [2.45, 2.75) is 38.5 Å². The Kier molecular flexibility index (Phi) is 2.53. The Bertz CT molecular complexity index is 709. The molecule has 0 spiro atoms. The van der Waals surface area contributed by atoms with E-state index in [9.17, 15) is 4.79 Å². The van der Waals surface area contributed by atoms with E-state index in [1.165, 1.54) is 19.3 Å². The van der Waals surface area contributed by atoms with Crippen molar-refractivity contribution in [1.82, 2.24) is 4.98 Å². The fourth-order valence-corrected chi connectivity index (χ4v) is 5.78. The van der Waals surface area contributed by atoms with Crippen LogP contribution < -0.4 is 5.32 Å². The number of aromatic nitrogens is 1. The minimum absolute atomic E-state index is 0.0676. The van der Waals surface area contributed by atoms with Crippen molar-refractivity contribution in [2.75, 3.05) is 5.32 Å². The van der Waals surface area contributed by atoms with Crippen molar-refractivity contribution in [3.05, 3.63) is 30.5 Å². The summed E-state index contributed by atoms with van der Waals surface area (Å²) < 4.78 is 0. The van der Waals surface area contributed by atoms with Gasteiger partial charge in [-0.15, -0.1) is 0 Å². The van der Waals surface area contributed by atoms with Crippen molar-refractivity contribution in [1.29, 1.82) is 0 Å². The maximum atomic E-state index is 13.0. The van der Waals surface area contributed by atoms with Gasteiger partial charge < -0.3 is 10.3 Å². The number of fused-ring (bicyclic) bond motifs is 1. The molecular formula is C19H22N2O. The summed E-state index contributed by atoms with van der Waals surface area (Å²) in [4.78, 5) is 16.2. The maximum Gasteiger partial charge on any atom is 0.230 e. The van der Waals surface area contributed by atoms with Crippen LogP contribution in [0.1, 0.15) is 38.5 Å². The van der Waals surface area contributed by atoms with Crippen LogP contribution in [0.5, 0.6) is 0 Å². The largest absolute Gasteiger partial charge is 0.361 e.